The van der Waals surface area contributed by atoms with Gasteiger partial charge in [0.1, 0.15) is 0 Å². The summed E-state index contributed by atoms with van der Waals surface area (Å²) in [5, 5.41) is 5.29. The summed E-state index contributed by atoms with van der Waals surface area (Å²) in [6, 6.07) is 0. The highest BCUT2D eigenvalue weighted by molar-refractivity contribution is 5.76. The summed E-state index contributed by atoms with van der Waals surface area (Å²) in [5.74, 6) is 5.99. The number of rotatable bonds is 7. The van der Waals surface area contributed by atoms with Crippen LogP contribution in [-0.2, 0) is 14.3 Å². The van der Waals surface area contributed by atoms with Gasteiger partial charge in [-0.1, -0.05) is 25.7 Å². The molecule has 102 valence electrons. The van der Waals surface area contributed by atoms with Gasteiger partial charge in [0, 0.05) is 25.8 Å². The number of nitrogens with one attached hydrogen (secondary N) is 2. The standard InChI is InChI=1S/C13H22N2O3/c1-11(2)5-4-7-15-13(17)6-9-18-10-8-14-12(3)16/h11H,6-10H2,1-3H3,(H,14,16)(H,15,17). The van der Waals surface area contributed by atoms with Crippen LogP contribution in [0.25, 0.3) is 0 Å². The van der Waals surface area contributed by atoms with E-state index in [1.807, 2.05) is 13.8 Å². The van der Waals surface area contributed by atoms with E-state index in [4.69, 9.17) is 4.74 Å². The van der Waals surface area contributed by atoms with Crippen molar-refractivity contribution >= 4 is 11.8 Å². The largest absolute Gasteiger partial charge is 0.379 e. The summed E-state index contributed by atoms with van der Waals surface area (Å²) < 4.78 is 5.19. The van der Waals surface area contributed by atoms with E-state index in [9.17, 15) is 9.59 Å². The van der Waals surface area contributed by atoms with Gasteiger partial charge in [0.15, 0.2) is 0 Å². The van der Waals surface area contributed by atoms with E-state index < -0.39 is 0 Å². The molecule has 0 bridgehead atoms. The maximum Gasteiger partial charge on any atom is 0.223 e. The van der Waals surface area contributed by atoms with Crippen molar-refractivity contribution in [3.05, 3.63) is 0 Å². The third-order valence-electron chi connectivity index (χ3n) is 1.86. The first kappa shape index (κ1) is 16.5. The molecule has 0 saturated carbocycles. The number of hydrogen-bond donors (Lipinski definition) is 2. The molecule has 18 heavy (non-hydrogen) atoms. The average Bonchev–Trinajstić information content (AvgIpc) is 2.28. The van der Waals surface area contributed by atoms with Gasteiger partial charge in [-0.2, -0.15) is 0 Å². The van der Waals surface area contributed by atoms with Crippen molar-refractivity contribution in [2.75, 3.05) is 26.3 Å². The topological polar surface area (TPSA) is 67.4 Å². The Labute approximate surface area is 109 Å². The van der Waals surface area contributed by atoms with Crippen LogP contribution in [0, 0.1) is 17.8 Å². The fourth-order valence-corrected chi connectivity index (χ4v) is 1.05. The normalized spacial score (nSPS) is 9.56. The van der Waals surface area contributed by atoms with E-state index in [1.54, 1.807) is 0 Å². The second kappa shape index (κ2) is 10.6. The molecule has 0 atom stereocenters. The van der Waals surface area contributed by atoms with Crippen molar-refractivity contribution in [3.8, 4) is 11.8 Å². The SMILES string of the molecule is CC(=O)NCCOCCC(=O)NCC#CC(C)C. The molecule has 0 rings (SSSR count). The highest BCUT2D eigenvalue weighted by Crippen LogP contribution is 1.85. The second-order valence-corrected chi connectivity index (χ2v) is 4.10. The fourth-order valence-electron chi connectivity index (χ4n) is 1.05. The molecule has 0 aromatic rings. The molecule has 0 spiro atoms. The zero-order chi connectivity index (χ0) is 13.8. The third kappa shape index (κ3) is 12.5. The van der Waals surface area contributed by atoms with Gasteiger partial charge in [0.25, 0.3) is 0 Å². The van der Waals surface area contributed by atoms with Crippen LogP contribution in [0.4, 0.5) is 0 Å². The molecule has 0 heterocycles. The van der Waals surface area contributed by atoms with Crippen LogP contribution in [0.3, 0.4) is 0 Å². The lowest BCUT2D eigenvalue weighted by Crippen LogP contribution is -2.27. The summed E-state index contributed by atoms with van der Waals surface area (Å²) >= 11 is 0. The highest BCUT2D eigenvalue weighted by Gasteiger charge is 1.99. The first-order valence-electron chi connectivity index (χ1n) is 6.09. The first-order chi connectivity index (χ1) is 8.52. The van der Waals surface area contributed by atoms with Crippen LogP contribution in [-0.4, -0.2) is 38.1 Å². The second-order valence-electron chi connectivity index (χ2n) is 4.10. The Balaban J connectivity index is 3.38. The lowest BCUT2D eigenvalue weighted by Gasteiger charge is -2.04. The van der Waals surface area contributed by atoms with Crippen molar-refractivity contribution in [2.45, 2.75) is 27.2 Å². The van der Waals surface area contributed by atoms with Crippen LogP contribution in [0.15, 0.2) is 0 Å². The Bertz CT molecular complexity index is 316. The summed E-state index contributed by atoms with van der Waals surface area (Å²) in [6.07, 6.45) is 0.309. The molecule has 5 heteroatoms. The van der Waals surface area contributed by atoms with Crippen LogP contribution in [0.1, 0.15) is 27.2 Å². The van der Waals surface area contributed by atoms with Crippen LogP contribution >= 0.6 is 0 Å². The predicted octanol–water partition coefficient (Wildman–Crippen LogP) is 0.305. The van der Waals surface area contributed by atoms with E-state index in [-0.39, 0.29) is 11.8 Å². The minimum atomic E-state index is -0.0833. The molecular formula is C13H22N2O3. The summed E-state index contributed by atoms with van der Waals surface area (Å²) in [6.45, 7) is 7.06. The van der Waals surface area contributed by atoms with Crippen molar-refractivity contribution in [1.82, 2.24) is 10.6 Å². The molecular weight excluding hydrogens is 232 g/mol. The molecule has 5 nitrogen and oxygen atoms in total. The van der Waals surface area contributed by atoms with Crippen molar-refractivity contribution in [2.24, 2.45) is 5.92 Å². The lowest BCUT2D eigenvalue weighted by atomic mass is 10.2. The molecule has 0 saturated heterocycles. The fraction of sp³-hybridized carbons (Fsp3) is 0.692. The molecule has 0 aromatic heterocycles. The van der Waals surface area contributed by atoms with Gasteiger partial charge in [-0.3, -0.25) is 9.59 Å². The van der Waals surface area contributed by atoms with Crippen molar-refractivity contribution in [1.29, 1.82) is 0 Å². The zero-order valence-electron chi connectivity index (χ0n) is 11.3. The van der Waals surface area contributed by atoms with Crippen LogP contribution < -0.4 is 10.6 Å². The Kier molecular flexibility index (Phi) is 9.70. The average molecular weight is 254 g/mol. The van der Waals surface area contributed by atoms with E-state index in [0.29, 0.717) is 38.6 Å². The molecule has 0 radical (unpaired) electrons. The van der Waals surface area contributed by atoms with Gasteiger partial charge < -0.3 is 15.4 Å². The summed E-state index contributed by atoms with van der Waals surface area (Å²) in [5.41, 5.74) is 0. The Morgan fingerprint density at radius 2 is 1.94 bits per heavy atom. The molecule has 2 amide bonds. The first-order valence-corrected chi connectivity index (χ1v) is 6.09. The summed E-state index contributed by atoms with van der Waals surface area (Å²) in [7, 11) is 0. The number of amides is 2. The van der Waals surface area contributed by atoms with Gasteiger partial charge in [-0.05, 0) is 0 Å². The highest BCUT2D eigenvalue weighted by atomic mass is 16.5. The number of hydrogen-bond acceptors (Lipinski definition) is 3. The van der Waals surface area contributed by atoms with Gasteiger partial charge in [-0.15, -0.1) is 0 Å². The molecule has 0 aliphatic carbocycles. The minimum absolute atomic E-state index is 0.0763. The zero-order valence-corrected chi connectivity index (χ0v) is 11.3. The van der Waals surface area contributed by atoms with Crippen molar-refractivity contribution in [3.63, 3.8) is 0 Å². The van der Waals surface area contributed by atoms with Crippen LogP contribution in [0.2, 0.25) is 0 Å². The molecule has 0 unspecified atom stereocenters. The van der Waals surface area contributed by atoms with E-state index in [0.717, 1.165) is 0 Å². The van der Waals surface area contributed by atoms with Gasteiger partial charge >= 0.3 is 0 Å². The van der Waals surface area contributed by atoms with Gasteiger partial charge in [0.2, 0.25) is 11.8 Å². The molecule has 2 N–H and O–H groups in total. The number of carbonyl (C=O) groups is 2. The van der Waals surface area contributed by atoms with Crippen molar-refractivity contribution < 1.29 is 14.3 Å². The lowest BCUT2D eigenvalue weighted by molar-refractivity contribution is -0.122. The molecule has 0 fully saturated rings. The molecule has 0 aliphatic heterocycles. The predicted molar refractivity (Wildman–Crippen MR) is 69.7 cm³/mol. The Morgan fingerprint density at radius 3 is 2.56 bits per heavy atom. The van der Waals surface area contributed by atoms with Gasteiger partial charge in [0.05, 0.1) is 19.8 Å². The summed E-state index contributed by atoms with van der Waals surface area (Å²) in [4.78, 5) is 21.8. The van der Waals surface area contributed by atoms with E-state index >= 15 is 0 Å². The maximum atomic E-state index is 11.3. The maximum absolute atomic E-state index is 11.3. The van der Waals surface area contributed by atoms with E-state index in [2.05, 4.69) is 22.5 Å². The number of ether oxygens (including phenoxy) is 1. The molecule has 0 aliphatic rings. The molecule has 0 aromatic carbocycles. The smallest absolute Gasteiger partial charge is 0.223 e. The third-order valence-corrected chi connectivity index (χ3v) is 1.86. The minimum Gasteiger partial charge on any atom is -0.379 e. The quantitative estimate of drug-likeness (QED) is 0.507. The Morgan fingerprint density at radius 1 is 1.22 bits per heavy atom. The van der Waals surface area contributed by atoms with Gasteiger partial charge in [-0.25, -0.2) is 0 Å². The van der Waals surface area contributed by atoms with Crippen LogP contribution in [0.5, 0.6) is 0 Å². The number of carbonyl (C=O) groups excluding carboxylic acids is 2. The monoisotopic (exact) mass is 254 g/mol. The Hall–Kier alpha value is -1.54. The van der Waals surface area contributed by atoms with E-state index in [1.165, 1.54) is 6.92 Å².